The summed E-state index contributed by atoms with van der Waals surface area (Å²) in [6.07, 6.45) is 1.34. The van der Waals surface area contributed by atoms with Gasteiger partial charge in [0.15, 0.2) is 0 Å². The zero-order valence-corrected chi connectivity index (χ0v) is 7.16. The summed E-state index contributed by atoms with van der Waals surface area (Å²) < 4.78 is 12.9. The second-order valence-electron chi connectivity index (χ2n) is 2.86. The van der Waals surface area contributed by atoms with Gasteiger partial charge < -0.3 is 5.73 Å². The van der Waals surface area contributed by atoms with Crippen molar-refractivity contribution < 1.29 is 4.39 Å². The Morgan fingerprint density at radius 3 is 2.86 bits per heavy atom. The highest BCUT2D eigenvalue weighted by Gasteiger charge is 2.05. The van der Waals surface area contributed by atoms with Gasteiger partial charge in [-0.1, -0.05) is 0 Å². The number of nitrogens with zero attached hydrogens (tertiary/aromatic N) is 2. The first-order chi connectivity index (χ1) is 6.72. The molecule has 2 N–H and O–H groups in total. The quantitative estimate of drug-likeness (QED) is 0.684. The maximum Gasteiger partial charge on any atom is 0.131 e. The molecule has 0 spiro atoms. The lowest BCUT2D eigenvalue weighted by Gasteiger charge is -2.02. The molecular weight excluding hydrogens is 181 g/mol. The van der Waals surface area contributed by atoms with Crippen LogP contribution in [0.3, 0.4) is 0 Å². The van der Waals surface area contributed by atoms with Gasteiger partial charge in [-0.2, -0.15) is 5.26 Å². The van der Waals surface area contributed by atoms with Crippen LogP contribution in [-0.4, -0.2) is 4.98 Å². The SMILES string of the molecule is N#Cc1cnc(N)c2ccc(F)cc12. The third-order valence-corrected chi connectivity index (χ3v) is 2.00. The smallest absolute Gasteiger partial charge is 0.131 e. The Bertz CT molecular complexity index is 543. The molecule has 2 aromatic rings. The maximum absolute atomic E-state index is 12.9. The minimum absolute atomic E-state index is 0.305. The van der Waals surface area contributed by atoms with Crippen molar-refractivity contribution >= 4 is 16.6 Å². The zero-order chi connectivity index (χ0) is 10.1. The van der Waals surface area contributed by atoms with Crippen molar-refractivity contribution in [3.8, 4) is 6.07 Å². The lowest BCUT2D eigenvalue weighted by Crippen LogP contribution is -1.93. The van der Waals surface area contributed by atoms with E-state index in [9.17, 15) is 4.39 Å². The lowest BCUT2D eigenvalue weighted by molar-refractivity contribution is 0.629. The first-order valence-corrected chi connectivity index (χ1v) is 3.96. The van der Waals surface area contributed by atoms with E-state index in [4.69, 9.17) is 11.0 Å². The summed E-state index contributed by atoms with van der Waals surface area (Å²) in [5.41, 5.74) is 5.91. The second-order valence-corrected chi connectivity index (χ2v) is 2.86. The molecule has 0 fully saturated rings. The highest BCUT2D eigenvalue weighted by molar-refractivity contribution is 5.94. The van der Waals surface area contributed by atoms with E-state index in [2.05, 4.69) is 4.98 Å². The number of fused-ring (bicyclic) bond motifs is 1. The molecule has 3 nitrogen and oxygen atoms in total. The maximum atomic E-state index is 12.9. The van der Waals surface area contributed by atoms with Crippen LogP contribution in [0, 0.1) is 17.1 Å². The standard InChI is InChI=1S/C10H6FN3/c11-7-1-2-8-9(3-7)6(4-12)5-14-10(8)13/h1-3,5H,(H2,13,14). The Morgan fingerprint density at radius 1 is 1.36 bits per heavy atom. The third kappa shape index (κ3) is 1.15. The first kappa shape index (κ1) is 8.45. The number of nitriles is 1. The van der Waals surface area contributed by atoms with Crippen LogP contribution in [0.25, 0.3) is 10.8 Å². The molecule has 0 aliphatic heterocycles. The summed E-state index contributed by atoms with van der Waals surface area (Å²) in [5.74, 6) is -0.0846. The van der Waals surface area contributed by atoms with Gasteiger partial charge in [-0.15, -0.1) is 0 Å². The minimum atomic E-state index is -0.389. The summed E-state index contributed by atoms with van der Waals surface area (Å²) in [4.78, 5) is 3.84. The molecule has 0 aliphatic carbocycles. The highest BCUT2D eigenvalue weighted by atomic mass is 19.1. The van der Waals surface area contributed by atoms with Crippen molar-refractivity contribution in [2.75, 3.05) is 5.73 Å². The fraction of sp³-hybridized carbons (Fsp3) is 0. The van der Waals surface area contributed by atoms with Crippen LogP contribution in [0.15, 0.2) is 24.4 Å². The summed E-state index contributed by atoms with van der Waals surface area (Å²) >= 11 is 0. The van der Waals surface area contributed by atoms with Gasteiger partial charge in [-0.25, -0.2) is 9.37 Å². The van der Waals surface area contributed by atoms with Crippen LogP contribution >= 0.6 is 0 Å². The Balaban J connectivity index is 2.94. The predicted octanol–water partition coefficient (Wildman–Crippen LogP) is 1.83. The number of hydrogen-bond donors (Lipinski definition) is 1. The van der Waals surface area contributed by atoms with E-state index in [0.717, 1.165) is 0 Å². The van der Waals surface area contributed by atoms with E-state index in [1.807, 2.05) is 6.07 Å². The number of halogens is 1. The molecule has 0 saturated carbocycles. The van der Waals surface area contributed by atoms with Crippen LogP contribution in [0.4, 0.5) is 10.2 Å². The van der Waals surface area contributed by atoms with E-state index in [-0.39, 0.29) is 5.82 Å². The molecule has 0 radical (unpaired) electrons. The van der Waals surface area contributed by atoms with Gasteiger partial charge in [-0.3, -0.25) is 0 Å². The molecule has 0 atom stereocenters. The van der Waals surface area contributed by atoms with E-state index in [1.54, 1.807) is 0 Å². The van der Waals surface area contributed by atoms with Gasteiger partial charge in [0.05, 0.1) is 5.56 Å². The summed E-state index contributed by atoms with van der Waals surface area (Å²) in [7, 11) is 0. The molecule has 1 aromatic heterocycles. The predicted molar refractivity (Wildman–Crippen MR) is 50.8 cm³/mol. The number of aromatic nitrogens is 1. The molecule has 0 saturated heterocycles. The molecule has 1 heterocycles. The Morgan fingerprint density at radius 2 is 2.14 bits per heavy atom. The monoisotopic (exact) mass is 187 g/mol. The molecule has 68 valence electrons. The average Bonchev–Trinajstić information content (AvgIpc) is 2.18. The van der Waals surface area contributed by atoms with Crippen LogP contribution in [-0.2, 0) is 0 Å². The molecule has 0 amide bonds. The molecular formula is C10H6FN3. The van der Waals surface area contributed by atoms with E-state index in [1.165, 1.54) is 24.4 Å². The third-order valence-electron chi connectivity index (χ3n) is 2.00. The van der Waals surface area contributed by atoms with E-state index in [0.29, 0.717) is 22.2 Å². The van der Waals surface area contributed by atoms with Gasteiger partial charge in [0.2, 0.25) is 0 Å². The van der Waals surface area contributed by atoms with Crippen LogP contribution < -0.4 is 5.73 Å². The van der Waals surface area contributed by atoms with E-state index >= 15 is 0 Å². The van der Waals surface area contributed by atoms with Crippen molar-refractivity contribution in [2.24, 2.45) is 0 Å². The second kappa shape index (κ2) is 2.96. The fourth-order valence-electron chi connectivity index (χ4n) is 1.32. The van der Waals surface area contributed by atoms with Crippen molar-refractivity contribution in [1.82, 2.24) is 4.98 Å². The number of nitrogens with two attached hydrogens (primary N) is 1. The number of nitrogen functional groups attached to an aromatic ring is 1. The van der Waals surface area contributed by atoms with Gasteiger partial charge >= 0.3 is 0 Å². The normalized spacial score (nSPS) is 10.0. The van der Waals surface area contributed by atoms with Gasteiger partial charge in [0, 0.05) is 17.0 Å². The van der Waals surface area contributed by atoms with Gasteiger partial charge in [0.1, 0.15) is 17.7 Å². The molecule has 0 bridgehead atoms. The van der Waals surface area contributed by atoms with Crippen molar-refractivity contribution in [3.05, 3.63) is 35.8 Å². The lowest BCUT2D eigenvalue weighted by atomic mass is 10.1. The summed E-state index contributed by atoms with van der Waals surface area (Å²) in [6.45, 7) is 0. The largest absolute Gasteiger partial charge is 0.383 e. The number of benzene rings is 1. The Kier molecular flexibility index (Phi) is 1.79. The molecule has 0 aliphatic rings. The topological polar surface area (TPSA) is 62.7 Å². The first-order valence-electron chi connectivity index (χ1n) is 3.96. The molecule has 4 heteroatoms. The molecule has 2 rings (SSSR count). The number of pyridine rings is 1. The van der Waals surface area contributed by atoms with Crippen molar-refractivity contribution in [1.29, 1.82) is 5.26 Å². The number of hydrogen-bond acceptors (Lipinski definition) is 3. The van der Waals surface area contributed by atoms with E-state index < -0.39 is 0 Å². The Hall–Kier alpha value is -2.15. The molecule has 0 unspecified atom stereocenters. The molecule has 14 heavy (non-hydrogen) atoms. The van der Waals surface area contributed by atoms with Crippen molar-refractivity contribution in [3.63, 3.8) is 0 Å². The highest BCUT2D eigenvalue weighted by Crippen LogP contribution is 2.22. The zero-order valence-electron chi connectivity index (χ0n) is 7.16. The van der Waals surface area contributed by atoms with Crippen LogP contribution in [0.2, 0.25) is 0 Å². The van der Waals surface area contributed by atoms with Gasteiger partial charge in [-0.05, 0) is 18.2 Å². The van der Waals surface area contributed by atoms with Crippen LogP contribution in [0.1, 0.15) is 5.56 Å². The average molecular weight is 187 g/mol. The van der Waals surface area contributed by atoms with Crippen LogP contribution in [0.5, 0.6) is 0 Å². The Labute approximate surface area is 79.6 Å². The summed E-state index contributed by atoms with van der Waals surface area (Å²) in [5, 5.41) is 9.87. The fourth-order valence-corrected chi connectivity index (χ4v) is 1.32. The number of anilines is 1. The van der Waals surface area contributed by atoms with Gasteiger partial charge in [0.25, 0.3) is 0 Å². The minimum Gasteiger partial charge on any atom is -0.383 e. The molecule has 1 aromatic carbocycles. The van der Waals surface area contributed by atoms with Crippen molar-refractivity contribution in [2.45, 2.75) is 0 Å². The number of rotatable bonds is 0. The summed E-state index contributed by atoms with van der Waals surface area (Å²) in [6, 6.07) is 6.04.